The summed E-state index contributed by atoms with van der Waals surface area (Å²) in [6.45, 7) is 0.248. The third-order valence-corrected chi connectivity index (χ3v) is 6.53. The molecule has 3 aromatic rings. The number of hydrogen-bond acceptors (Lipinski definition) is 5. The Hall–Kier alpha value is -3.20. The number of sulfonamides is 1. The van der Waals surface area contributed by atoms with Gasteiger partial charge in [-0.25, -0.2) is 12.8 Å². The fourth-order valence-electron chi connectivity index (χ4n) is 3.86. The lowest BCUT2D eigenvalue weighted by Gasteiger charge is -2.26. The molecule has 1 amide bonds. The molecule has 0 saturated heterocycles. The smallest absolute Gasteiger partial charge is 0.255 e. The number of nitrogens with one attached hydrogen (secondary N) is 1. The second-order valence-corrected chi connectivity index (χ2v) is 9.38. The summed E-state index contributed by atoms with van der Waals surface area (Å²) in [5.41, 5.74) is 1.41. The van der Waals surface area contributed by atoms with Gasteiger partial charge in [0, 0.05) is 42.6 Å². The van der Waals surface area contributed by atoms with Crippen LogP contribution in [0.3, 0.4) is 0 Å². The van der Waals surface area contributed by atoms with Crippen LogP contribution in [0.1, 0.15) is 40.0 Å². The molecule has 0 radical (unpaired) electrons. The summed E-state index contributed by atoms with van der Waals surface area (Å²) >= 11 is 0. The van der Waals surface area contributed by atoms with E-state index in [1.165, 1.54) is 47.8 Å². The van der Waals surface area contributed by atoms with Crippen molar-refractivity contribution < 1.29 is 26.8 Å². The van der Waals surface area contributed by atoms with Crippen LogP contribution in [0.25, 0.3) is 22.3 Å². The highest BCUT2D eigenvalue weighted by molar-refractivity contribution is 7.92. The summed E-state index contributed by atoms with van der Waals surface area (Å²) in [6, 6.07) is 8.51. The zero-order valence-electron chi connectivity index (χ0n) is 17.1. The molecular weight excluding hydrogens is 423 g/mol. The summed E-state index contributed by atoms with van der Waals surface area (Å²) < 4.78 is 45.4. The molecule has 1 aliphatic heterocycles. The Balaban J connectivity index is 2.04. The minimum atomic E-state index is -3.63. The predicted octanol–water partition coefficient (Wildman–Crippen LogP) is 3.73. The van der Waals surface area contributed by atoms with Gasteiger partial charge in [-0.3, -0.25) is 13.9 Å². The molecule has 0 saturated carbocycles. The number of Topliss-reactive ketones (excluding diaryl/α,β-unsaturated/α-hetero) is 1. The summed E-state index contributed by atoms with van der Waals surface area (Å²) in [7, 11) is -2.16. The fourth-order valence-corrected chi connectivity index (χ4v) is 4.83. The quantitative estimate of drug-likeness (QED) is 0.664. The molecular formula is C22H21FN2O5S. The van der Waals surface area contributed by atoms with E-state index in [2.05, 4.69) is 5.32 Å². The number of ketones is 1. The molecule has 9 heteroatoms. The highest BCUT2D eigenvalue weighted by Gasteiger charge is 2.29. The van der Waals surface area contributed by atoms with Crippen molar-refractivity contribution in [2.24, 2.45) is 0 Å². The van der Waals surface area contributed by atoms with Gasteiger partial charge in [-0.2, -0.15) is 0 Å². The van der Waals surface area contributed by atoms with Gasteiger partial charge < -0.3 is 9.73 Å². The van der Waals surface area contributed by atoms with Crippen LogP contribution in [0, 0.1) is 5.82 Å². The number of rotatable bonds is 3. The number of carbonyl (C=O) groups is 2. The zero-order chi connectivity index (χ0) is 22.3. The summed E-state index contributed by atoms with van der Waals surface area (Å²) in [5.74, 6) is -0.849. The number of amides is 1. The molecule has 2 aromatic carbocycles. The van der Waals surface area contributed by atoms with Crippen molar-refractivity contribution in [2.45, 2.75) is 19.3 Å². The van der Waals surface area contributed by atoms with E-state index in [0.29, 0.717) is 23.8 Å². The maximum absolute atomic E-state index is 13.4. The lowest BCUT2D eigenvalue weighted by molar-refractivity contribution is 0.0960. The highest BCUT2D eigenvalue weighted by atomic mass is 32.2. The number of fused-ring (bicyclic) bond motifs is 2. The van der Waals surface area contributed by atoms with Crippen molar-refractivity contribution in [3.8, 4) is 11.3 Å². The van der Waals surface area contributed by atoms with Crippen LogP contribution in [-0.4, -0.2) is 40.0 Å². The van der Waals surface area contributed by atoms with Crippen LogP contribution >= 0.6 is 0 Å². The van der Waals surface area contributed by atoms with Crippen LogP contribution in [0.2, 0.25) is 0 Å². The SMILES string of the molecule is CNC(=O)c1c(-c2ccc(F)cc2)oc2cc3c(cc12)C(=O)CCCCN3S(C)(=O)=O. The first-order valence-electron chi connectivity index (χ1n) is 9.80. The average Bonchev–Trinajstić information content (AvgIpc) is 3.08. The van der Waals surface area contributed by atoms with Crippen LogP contribution in [-0.2, 0) is 10.0 Å². The van der Waals surface area contributed by atoms with E-state index in [9.17, 15) is 22.4 Å². The second kappa shape index (κ2) is 7.81. The minimum Gasteiger partial charge on any atom is -0.455 e. The van der Waals surface area contributed by atoms with Gasteiger partial charge in [0.05, 0.1) is 17.5 Å². The first-order chi connectivity index (χ1) is 14.7. The van der Waals surface area contributed by atoms with E-state index in [1.807, 2.05) is 0 Å². The van der Waals surface area contributed by atoms with E-state index >= 15 is 0 Å². The lowest BCUT2D eigenvalue weighted by atomic mass is 9.97. The number of anilines is 1. The number of furan rings is 1. The lowest BCUT2D eigenvalue weighted by Crippen LogP contribution is -2.33. The first-order valence-corrected chi connectivity index (χ1v) is 11.6. The number of benzene rings is 2. The van der Waals surface area contributed by atoms with Gasteiger partial charge in [0.1, 0.15) is 17.2 Å². The Bertz CT molecular complexity index is 1300. The van der Waals surface area contributed by atoms with Gasteiger partial charge in [0.15, 0.2) is 5.78 Å². The summed E-state index contributed by atoms with van der Waals surface area (Å²) in [4.78, 5) is 25.6. The molecule has 31 heavy (non-hydrogen) atoms. The molecule has 0 atom stereocenters. The van der Waals surface area contributed by atoms with Crippen molar-refractivity contribution in [1.29, 1.82) is 0 Å². The first kappa shape index (κ1) is 21.0. The topological polar surface area (TPSA) is 96.7 Å². The molecule has 0 bridgehead atoms. The largest absolute Gasteiger partial charge is 0.455 e. The van der Waals surface area contributed by atoms with Gasteiger partial charge >= 0.3 is 0 Å². The highest BCUT2D eigenvalue weighted by Crippen LogP contribution is 2.39. The molecule has 0 fully saturated rings. The molecule has 0 unspecified atom stereocenters. The van der Waals surface area contributed by atoms with Gasteiger partial charge in [-0.05, 0) is 43.2 Å². The third kappa shape index (κ3) is 3.81. The number of nitrogens with zero attached hydrogens (tertiary/aromatic N) is 1. The fraction of sp³-hybridized carbons (Fsp3) is 0.273. The van der Waals surface area contributed by atoms with Crippen molar-refractivity contribution in [1.82, 2.24) is 5.32 Å². The zero-order valence-corrected chi connectivity index (χ0v) is 17.9. The Morgan fingerprint density at radius 2 is 1.87 bits per heavy atom. The van der Waals surface area contributed by atoms with E-state index in [1.54, 1.807) is 0 Å². The van der Waals surface area contributed by atoms with Crippen LogP contribution < -0.4 is 9.62 Å². The molecule has 0 aliphatic carbocycles. The Labute approximate surface area is 178 Å². The van der Waals surface area contributed by atoms with E-state index in [-0.39, 0.29) is 46.9 Å². The number of hydrogen-bond donors (Lipinski definition) is 1. The van der Waals surface area contributed by atoms with Gasteiger partial charge in [0.2, 0.25) is 10.0 Å². The normalized spacial score (nSPS) is 14.8. The monoisotopic (exact) mass is 444 g/mol. The van der Waals surface area contributed by atoms with Crippen LogP contribution in [0.4, 0.5) is 10.1 Å². The third-order valence-electron chi connectivity index (χ3n) is 5.35. The Morgan fingerprint density at radius 3 is 2.52 bits per heavy atom. The predicted molar refractivity (Wildman–Crippen MR) is 115 cm³/mol. The summed E-state index contributed by atoms with van der Waals surface area (Å²) in [6.07, 6.45) is 2.50. The maximum atomic E-state index is 13.4. The van der Waals surface area contributed by atoms with Gasteiger partial charge in [-0.15, -0.1) is 0 Å². The second-order valence-electron chi connectivity index (χ2n) is 7.47. The molecule has 4 rings (SSSR count). The Morgan fingerprint density at radius 1 is 1.16 bits per heavy atom. The molecule has 0 spiro atoms. The van der Waals surface area contributed by atoms with Gasteiger partial charge in [0.25, 0.3) is 5.91 Å². The molecule has 7 nitrogen and oxygen atoms in total. The number of carbonyl (C=O) groups excluding carboxylic acids is 2. The van der Waals surface area contributed by atoms with E-state index in [4.69, 9.17) is 4.42 Å². The van der Waals surface area contributed by atoms with Crippen molar-refractivity contribution >= 4 is 38.4 Å². The molecule has 1 aromatic heterocycles. The molecule has 162 valence electrons. The van der Waals surface area contributed by atoms with E-state index < -0.39 is 21.7 Å². The number of halogens is 1. The standard InChI is InChI=1S/C22H21FN2O5S/c1-24-22(27)20-16-11-15-17(25(31(2,28)29)10-4-3-5-18(15)26)12-19(16)30-21(20)13-6-8-14(23)9-7-13/h6-9,11-12H,3-5,10H2,1-2H3,(H,24,27). The maximum Gasteiger partial charge on any atom is 0.255 e. The Kier molecular flexibility index (Phi) is 5.30. The average molecular weight is 444 g/mol. The molecule has 1 aliphatic rings. The minimum absolute atomic E-state index is 0.197. The van der Waals surface area contributed by atoms with Crippen molar-refractivity contribution in [3.05, 3.63) is 53.3 Å². The van der Waals surface area contributed by atoms with Gasteiger partial charge in [-0.1, -0.05) is 0 Å². The van der Waals surface area contributed by atoms with Crippen LogP contribution in [0.15, 0.2) is 40.8 Å². The molecule has 2 heterocycles. The van der Waals surface area contributed by atoms with E-state index in [0.717, 1.165) is 6.26 Å². The van der Waals surface area contributed by atoms with Crippen molar-refractivity contribution in [2.75, 3.05) is 24.2 Å². The van der Waals surface area contributed by atoms with Crippen molar-refractivity contribution in [3.63, 3.8) is 0 Å². The van der Waals surface area contributed by atoms with Crippen LogP contribution in [0.5, 0.6) is 0 Å². The molecule has 1 N–H and O–H groups in total. The summed E-state index contributed by atoms with van der Waals surface area (Å²) in [5, 5.41) is 2.95.